The number of fused-ring (bicyclic) bond motifs is 4. The number of hydrogen-bond acceptors (Lipinski definition) is 0. The lowest BCUT2D eigenvalue weighted by Crippen LogP contribution is -3.04. The predicted molar refractivity (Wildman–Crippen MR) is 43.9 cm³/mol. The Morgan fingerprint density at radius 2 is 1.00 bits per heavy atom. The van der Waals surface area contributed by atoms with Crippen LogP contribution in [-0.4, -0.2) is 33.4 Å². The molecule has 0 aliphatic heterocycles. The summed E-state index contributed by atoms with van der Waals surface area (Å²) in [5, 5.41) is -3.90. The second-order valence-electron chi connectivity index (χ2n) is 4.17. The van der Waals surface area contributed by atoms with E-state index in [0.29, 0.717) is 0 Å². The number of halogens is 8. The Labute approximate surface area is 95.2 Å². The molecule has 0 aromatic heterocycles. The second kappa shape index (κ2) is 2.23. The fourth-order valence-corrected chi connectivity index (χ4v) is 3.86. The Morgan fingerprint density at radius 1 is 0.750 bits per heavy atom. The highest BCUT2D eigenvalue weighted by Gasteiger charge is 3.10. The van der Waals surface area contributed by atoms with E-state index in [4.69, 9.17) is 23.2 Å². The summed E-state index contributed by atoms with van der Waals surface area (Å²) in [5.74, 6) is -4.56. The molecule has 2 fully saturated rings. The van der Waals surface area contributed by atoms with E-state index in [1.54, 1.807) is 0 Å². The minimum atomic E-state index is -3.99. The van der Waals surface area contributed by atoms with Crippen LogP contribution in [0.25, 0.3) is 0 Å². The van der Waals surface area contributed by atoms with Crippen LogP contribution in [0.15, 0.2) is 11.7 Å². The summed E-state index contributed by atoms with van der Waals surface area (Å²) in [6.45, 7) is 0. The SMILES string of the molecule is FC1=C(F)[C@]2(F)[C@@]1(F)[C@@]1(F)[C@@H](Cl)[C@H](Cl)[C@@]21F. The van der Waals surface area contributed by atoms with Crippen molar-refractivity contribution in [1.29, 1.82) is 0 Å². The van der Waals surface area contributed by atoms with Gasteiger partial charge in [0.05, 0.1) is 10.8 Å². The van der Waals surface area contributed by atoms with E-state index in [0.717, 1.165) is 0 Å². The van der Waals surface area contributed by atoms with Gasteiger partial charge in [0.1, 0.15) is 0 Å². The topological polar surface area (TPSA) is 0 Å². The first-order valence-electron chi connectivity index (χ1n) is 4.23. The van der Waals surface area contributed by atoms with Gasteiger partial charge in [-0.05, 0) is 0 Å². The maximum atomic E-state index is 13.8. The van der Waals surface area contributed by atoms with Crippen molar-refractivity contribution >= 4 is 23.2 Å². The molecule has 3 aliphatic rings. The van der Waals surface area contributed by atoms with Gasteiger partial charge in [-0.25, -0.2) is 26.3 Å². The quantitative estimate of drug-likeness (QED) is 0.473. The standard InChI is InChI=1S/C8H2Cl2F6/c9-1-2(10)6(14)5(1,13)7(15)3(11)4(12)8(6,7)16/h1-2H/t1-,2-,5-,6+,7+,8-/m0/s1. The zero-order valence-corrected chi connectivity index (χ0v) is 8.69. The summed E-state index contributed by atoms with van der Waals surface area (Å²) < 4.78 is 80.5. The summed E-state index contributed by atoms with van der Waals surface area (Å²) in [6, 6.07) is 0. The van der Waals surface area contributed by atoms with E-state index in [1.807, 2.05) is 0 Å². The van der Waals surface area contributed by atoms with Gasteiger partial charge in [-0.15, -0.1) is 23.2 Å². The molecular formula is C8H2Cl2F6. The van der Waals surface area contributed by atoms with E-state index in [9.17, 15) is 26.3 Å². The smallest absolute Gasteiger partial charge is 0.234 e. The van der Waals surface area contributed by atoms with Crippen LogP contribution in [0.2, 0.25) is 0 Å². The second-order valence-corrected chi connectivity index (χ2v) is 5.11. The highest BCUT2D eigenvalue weighted by molar-refractivity contribution is 6.34. The highest BCUT2D eigenvalue weighted by Crippen LogP contribution is 2.85. The third kappa shape index (κ3) is 0.502. The maximum absolute atomic E-state index is 13.8. The van der Waals surface area contributed by atoms with Crippen LogP contribution in [0.1, 0.15) is 0 Å². The van der Waals surface area contributed by atoms with Gasteiger partial charge in [0.15, 0.2) is 11.7 Å². The summed E-state index contributed by atoms with van der Waals surface area (Å²) in [5.41, 5.74) is -15.3. The molecule has 6 atom stereocenters. The molecule has 0 heterocycles. The van der Waals surface area contributed by atoms with Crippen molar-refractivity contribution in [3.8, 4) is 0 Å². The van der Waals surface area contributed by atoms with Gasteiger partial charge in [-0.2, -0.15) is 0 Å². The summed E-state index contributed by atoms with van der Waals surface area (Å²) >= 11 is 10.4. The van der Waals surface area contributed by atoms with Gasteiger partial charge >= 0.3 is 0 Å². The molecule has 0 unspecified atom stereocenters. The van der Waals surface area contributed by atoms with E-state index >= 15 is 0 Å². The molecule has 2 saturated carbocycles. The Bertz CT molecular complexity index is 414. The lowest BCUT2D eigenvalue weighted by atomic mass is 9.34. The number of hydrogen-bond donors (Lipinski definition) is 0. The van der Waals surface area contributed by atoms with Gasteiger partial charge in [0.2, 0.25) is 22.7 Å². The van der Waals surface area contributed by atoms with Crippen molar-refractivity contribution in [2.24, 2.45) is 0 Å². The van der Waals surface area contributed by atoms with Crippen molar-refractivity contribution in [2.45, 2.75) is 33.4 Å². The van der Waals surface area contributed by atoms with E-state index in [-0.39, 0.29) is 0 Å². The molecule has 0 radical (unpaired) electrons. The molecular weight excluding hydrogens is 281 g/mol. The van der Waals surface area contributed by atoms with E-state index in [2.05, 4.69) is 0 Å². The average molecular weight is 283 g/mol. The van der Waals surface area contributed by atoms with Gasteiger partial charge in [-0.3, -0.25) is 0 Å². The molecule has 90 valence electrons. The van der Waals surface area contributed by atoms with Gasteiger partial charge in [-0.1, -0.05) is 0 Å². The highest BCUT2D eigenvalue weighted by atomic mass is 35.5. The minimum absolute atomic E-state index is 1.95. The largest absolute Gasteiger partial charge is 0.246 e. The van der Waals surface area contributed by atoms with E-state index in [1.165, 1.54) is 0 Å². The maximum Gasteiger partial charge on any atom is 0.246 e. The fourth-order valence-electron chi connectivity index (χ4n) is 2.89. The third-order valence-corrected chi connectivity index (χ3v) is 5.06. The van der Waals surface area contributed by atoms with Gasteiger partial charge in [0, 0.05) is 0 Å². The average Bonchev–Trinajstić information content (AvgIpc) is 2.30. The van der Waals surface area contributed by atoms with Crippen LogP contribution in [0.3, 0.4) is 0 Å². The Kier molecular flexibility index (Phi) is 1.54. The van der Waals surface area contributed by atoms with Crippen LogP contribution in [0, 0.1) is 0 Å². The van der Waals surface area contributed by atoms with Crippen molar-refractivity contribution in [3.63, 3.8) is 0 Å². The molecule has 0 N–H and O–H groups in total. The van der Waals surface area contributed by atoms with Gasteiger partial charge in [0.25, 0.3) is 0 Å². The molecule has 0 spiro atoms. The van der Waals surface area contributed by atoms with Crippen LogP contribution in [0.5, 0.6) is 0 Å². The van der Waals surface area contributed by atoms with Crippen LogP contribution < -0.4 is 0 Å². The number of rotatable bonds is 0. The van der Waals surface area contributed by atoms with E-state index < -0.39 is 45.1 Å². The lowest BCUT2D eigenvalue weighted by Gasteiger charge is -2.77. The van der Waals surface area contributed by atoms with Crippen LogP contribution in [-0.2, 0) is 0 Å². The number of alkyl halides is 6. The molecule has 0 saturated heterocycles. The van der Waals surface area contributed by atoms with Crippen molar-refractivity contribution in [1.82, 2.24) is 0 Å². The van der Waals surface area contributed by atoms with Crippen LogP contribution >= 0.6 is 23.2 Å². The normalized spacial score (nSPS) is 67.5. The molecule has 0 aromatic carbocycles. The first kappa shape index (κ1) is 11.0. The summed E-state index contributed by atoms with van der Waals surface area (Å²) in [4.78, 5) is 0. The first-order chi connectivity index (χ1) is 7.13. The van der Waals surface area contributed by atoms with Crippen molar-refractivity contribution in [3.05, 3.63) is 11.7 Å². The molecule has 0 aromatic rings. The predicted octanol–water partition coefficient (Wildman–Crippen LogP) is 3.23. The monoisotopic (exact) mass is 282 g/mol. The molecule has 0 nitrogen and oxygen atoms in total. The summed E-state index contributed by atoms with van der Waals surface area (Å²) in [7, 11) is 0. The molecule has 0 amide bonds. The zero-order valence-electron chi connectivity index (χ0n) is 7.18. The van der Waals surface area contributed by atoms with Crippen LogP contribution in [0.4, 0.5) is 26.3 Å². The van der Waals surface area contributed by atoms with Crippen molar-refractivity contribution < 1.29 is 26.3 Å². The molecule has 16 heavy (non-hydrogen) atoms. The fraction of sp³-hybridized carbons (Fsp3) is 0.750. The summed E-state index contributed by atoms with van der Waals surface area (Å²) in [6.07, 6.45) is 0. The molecule has 3 aliphatic carbocycles. The first-order valence-corrected chi connectivity index (χ1v) is 5.10. The Hall–Kier alpha value is -0.100. The third-order valence-electron chi connectivity index (χ3n) is 3.82. The number of allylic oxidation sites excluding steroid dienone is 2. The molecule has 0 bridgehead atoms. The van der Waals surface area contributed by atoms with Gasteiger partial charge < -0.3 is 0 Å². The molecule has 8 heteroatoms. The zero-order chi connectivity index (χ0) is 12.3. The van der Waals surface area contributed by atoms with Crippen molar-refractivity contribution in [2.75, 3.05) is 0 Å². The molecule has 3 rings (SSSR count). The Morgan fingerprint density at radius 3 is 1.25 bits per heavy atom. The lowest BCUT2D eigenvalue weighted by molar-refractivity contribution is -0.389. The minimum Gasteiger partial charge on any atom is -0.234 e. The Balaban J connectivity index is 2.24.